The first-order valence-electron chi connectivity index (χ1n) is 8.09. The standard InChI is InChI=1S/C20H17N3O2/c1-14(19-11-15-7-5-6-10-18(15)25-19)22-20(24)17-12-21-13-23(17)16-8-3-2-4-9-16/h2-14H,1H3,(H,22,24)/t14-/m0/s1. The molecule has 4 aromatic rings. The zero-order valence-corrected chi connectivity index (χ0v) is 13.7. The summed E-state index contributed by atoms with van der Waals surface area (Å²) >= 11 is 0. The van der Waals surface area contributed by atoms with Gasteiger partial charge in [-0.2, -0.15) is 0 Å². The number of amides is 1. The minimum atomic E-state index is -0.251. The van der Waals surface area contributed by atoms with Crippen molar-refractivity contribution in [2.24, 2.45) is 0 Å². The van der Waals surface area contributed by atoms with E-state index in [1.54, 1.807) is 17.1 Å². The van der Waals surface area contributed by atoms with Gasteiger partial charge in [-0.1, -0.05) is 36.4 Å². The van der Waals surface area contributed by atoms with Crippen LogP contribution >= 0.6 is 0 Å². The Morgan fingerprint density at radius 3 is 2.68 bits per heavy atom. The fourth-order valence-electron chi connectivity index (χ4n) is 2.81. The van der Waals surface area contributed by atoms with Gasteiger partial charge >= 0.3 is 0 Å². The first-order valence-corrected chi connectivity index (χ1v) is 8.09. The highest BCUT2D eigenvalue weighted by molar-refractivity contribution is 5.93. The average Bonchev–Trinajstić information content (AvgIpc) is 3.29. The molecule has 2 heterocycles. The largest absolute Gasteiger partial charge is 0.459 e. The van der Waals surface area contributed by atoms with Gasteiger partial charge in [0.2, 0.25) is 0 Å². The summed E-state index contributed by atoms with van der Waals surface area (Å²) in [4.78, 5) is 16.8. The van der Waals surface area contributed by atoms with Gasteiger partial charge in [-0.15, -0.1) is 0 Å². The zero-order valence-electron chi connectivity index (χ0n) is 13.7. The Bertz CT molecular complexity index is 985. The molecule has 124 valence electrons. The number of hydrogen-bond acceptors (Lipinski definition) is 3. The Labute approximate surface area is 144 Å². The number of carbonyl (C=O) groups is 1. The van der Waals surface area contributed by atoms with Gasteiger partial charge in [0.25, 0.3) is 5.91 Å². The quantitative estimate of drug-likeness (QED) is 0.612. The van der Waals surface area contributed by atoms with E-state index in [-0.39, 0.29) is 11.9 Å². The number of nitrogens with zero attached hydrogens (tertiary/aromatic N) is 2. The maximum Gasteiger partial charge on any atom is 0.270 e. The second-order valence-corrected chi connectivity index (χ2v) is 5.87. The number of imidazole rings is 1. The van der Waals surface area contributed by atoms with Gasteiger partial charge in [-0.05, 0) is 31.2 Å². The van der Waals surface area contributed by atoms with Crippen molar-refractivity contribution in [1.82, 2.24) is 14.9 Å². The van der Waals surface area contributed by atoms with E-state index in [1.807, 2.05) is 67.6 Å². The molecule has 5 heteroatoms. The Hall–Kier alpha value is -3.34. The monoisotopic (exact) mass is 331 g/mol. The number of nitrogens with one attached hydrogen (secondary N) is 1. The van der Waals surface area contributed by atoms with Gasteiger partial charge < -0.3 is 9.73 Å². The average molecular weight is 331 g/mol. The fraction of sp³-hybridized carbons (Fsp3) is 0.100. The van der Waals surface area contributed by atoms with Crippen LogP contribution in [0.4, 0.5) is 0 Å². The molecule has 0 aliphatic rings. The zero-order chi connectivity index (χ0) is 17.2. The van der Waals surface area contributed by atoms with Crippen LogP contribution in [0.2, 0.25) is 0 Å². The molecule has 0 saturated carbocycles. The third kappa shape index (κ3) is 2.92. The Kier molecular flexibility index (Phi) is 3.82. The molecule has 1 N–H and O–H groups in total. The third-order valence-corrected chi connectivity index (χ3v) is 4.12. The van der Waals surface area contributed by atoms with Gasteiger partial charge in [-0.3, -0.25) is 9.36 Å². The molecule has 5 nitrogen and oxygen atoms in total. The van der Waals surface area contributed by atoms with Crippen LogP contribution < -0.4 is 5.32 Å². The fourth-order valence-corrected chi connectivity index (χ4v) is 2.81. The highest BCUT2D eigenvalue weighted by Crippen LogP contribution is 2.24. The summed E-state index contributed by atoms with van der Waals surface area (Å²) in [6.07, 6.45) is 3.20. The first kappa shape index (κ1) is 15.2. The molecule has 2 aromatic heterocycles. The normalized spacial score (nSPS) is 12.2. The molecular weight excluding hydrogens is 314 g/mol. The van der Waals surface area contributed by atoms with Crippen LogP contribution in [0.15, 0.2) is 77.6 Å². The van der Waals surface area contributed by atoms with Crippen LogP contribution in [0.1, 0.15) is 29.2 Å². The SMILES string of the molecule is C[C@H](NC(=O)c1cncn1-c1ccccc1)c1cc2ccccc2o1. The van der Waals surface area contributed by atoms with Gasteiger partial charge in [0.15, 0.2) is 0 Å². The summed E-state index contributed by atoms with van der Waals surface area (Å²) in [7, 11) is 0. The predicted molar refractivity (Wildman–Crippen MR) is 95.7 cm³/mol. The number of aromatic nitrogens is 2. The van der Waals surface area contributed by atoms with E-state index in [0.717, 1.165) is 22.4 Å². The van der Waals surface area contributed by atoms with Crippen LogP contribution in [0.25, 0.3) is 16.7 Å². The van der Waals surface area contributed by atoms with E-state index in [9.17, 15) is 4.79 Å². The van der Waals surface area contributed by atoms with Crippen LogP contribution in [-0.4, -0.2) is 15.5 Å². The molecule has 2 aromatic carbocycles. The molecule has 0 radical (unpaired) electrons. The number of hydrogen-bond donors (Lipinski definition) is 1. The number of benzene rings is 2. The molecule has 0 aliphatic carbocycles. The van der Waals surface area contributed by atoms with Gasteiger partial charge in [-0.25, -0.2) is 4.98 Å². The lowest BCUT2D eigenvalue weighted by atomic mass is 10.2. The molecule has 0 unspecified atom stereocenters. The predicted octanol–water partition coefficient (Wildman–Crippen LogP) is 4.11. The first-order chi connectivity index (χ1) is 12.2. The molecule has 4 rings (SSSR count). The molecule has 0 fully saturated rings. The van der Waals surface area contributed by atoms with Crippen LogP contribution in [0.5, 0.6) is 0 Å². The summed E-state index contributed by atoms with van der Waals surface area (Å²) in [5.74, 6) is 0.523. The summed E-state index contributed by atoms with van der Waals surface area (Å²) in [6, 6.07) is 19.1. The lowest BCUT2D eigenvalue weighted by Crippen LogP contribution is -2.28. The topological polar surface area (TPSA) is 60.1 Å². The highest BCUT2D eigenvalue weighted by atomic mass is 16.3. The Morgan fingerprint density at radius 1 is 1.12 bits per heavy atom. The molecule has 0 bridgehead atoms. The van der Waals surface area contributed by atoms with Crippen LogP contribution in [0, 0.1) is 0 Å². The molecule has 0 spiro atoms. The number of rotatable bonds is 4. The van der Waals surface area contributed by atoms with Crippen LogP contribution in [-0.2, 0) is 0 Å². The lowest BCUT2D eigenvalue weighted by Gasteiger charge is -2.13. The minimum absolute atomic E-state index is 0.200. The smallest absolute Gasteiger partial charge is 0.270 e. The molecule has 25 heavy (non-hydrogen) atoms. The van der Waals surface area contributed by atoms with Crippen molar-refractivity contribution in [3.63, 3.8) is 0 Å². The molecular formula is C20H17N3O2. The summed E-state index contributed by atoms with van der Waals surface area (Å²) < 4.78 is 7.59. The number of furan rings is 1. The molecule has 0 saturated heterocycles. The van der Waals surface area contributed by atoms with Crippen LogP contribution in [0.3, 0.4) is 0 Å². The van der Waals surface area contributed by atoms with Crippen molar-refractivity contribution < 1.29 is 9.21 Å². The number of fused-ring (bicyclic) bond motifs is 1. The second-order valence-electron chi connectivity index (χ2n) is 5.87. The van der Waals surface area contributed by atoms with E-state index < -0.39 is 0 Å². The van der Waals surface area contributed by atoms with E-state index in [4.69, 9.17) is 4.42 Å². The number of carbonyl (C=O) groups excluding carboxylic acids is 1. The van der Waals surface area contributed by atoms with Crippen molar-refractivity contribution in [1.29, 1.82) is 0 Å². The van der Waals surface area contributed by atoms with Gasteiger partial charge in [0.05, 0.1) is 18.6 Å². The maximum atomic E-state index is 12.7. The second kappa shape index (κ2) is 6.28. The maximum absolute atomic E-state index is 12.7. The van der Waals surface area contributed by atoms with Crippen molar-refractivity contribution in [2.75, 3.05) is 0 Å². The lowest BCUT2D eigenvalue weighted by molar-refractivity contribution is 0.0929. The van der Waals surface area contributed by atoms with Crippen molar-refractivity contribution >= 4 is 16.9 Å². The molecule has 1 atom stereocenters. The van der Waals surface area contributed by atoms with E-state index in [0.29, 0.717) is 5.69 Å². The highest BCUT2D eigenvalue weighted by Gasteiger charge is 2.18. The number of para-hydroxylation sites is 2. The summed E-state index contributed by atoms with van der Waals surface area (Å²) in [6.45, 7) is 1.90. The Morgan fingerprint density at radius 2 is 1.88 bits per heavy atom. The Balaban J connectivity index is 1.57. The third-order valence-electron chi connectivity index (χ3n) is 4.12. The van der Waals surface area contributed by atoms with Crippen molar-refractivity contribution in [3.8, 4) is 5.69 Å². The minimum Gasteiger partial charge on any atom is -0.459 e. The molecule has 0 aliphatic heterocycles. The van der Waals surface area contributed by atoms with E-state index in [2.05, 4.69) is 10.3 Å². The van der Waals surface area contributed by atoms with Crippen molar-refractivity contribution in [2.45, 2.75) is 13.0 Å². The van der Waals surface area contributed by atoms with E-state index in [1.165, 1.54) is 0 Å². The summed E-state index contributed by atoms with van der Waals surface area (Å²) in [5, 5.41) is 4.00. The summed E-state index contributed by atoms with van der Waals surface area (Å²) in [5.41, 5.74) is 2.18. The molecule has 1 amide bonds. The van der Waals surface area contributed by atoms with Gasteiger partial charge in [0, 0.05) is 11.1 Å². The van der Waals surface area contributed by atoms with Gasteiger partial charge in [0.1, 0.15) is 17.0 Å². The van der Waals surface area contributed by atoms with E-state index >= 15 is 0 Å². The van der Waals surface area contributed by atoms with Crippen molar-refractivity contribution in [3.05, 3.63) is 84.6 Å².